The van der Waals surface area contributed by atoms with Gasteiger partial charge in [-0.1, -0.05) is 11.6 Å². The number of hydrogen-bond acceptors (Lipinski definition) is 5. The van der Waals surface area contributed by atoms with E-state index in [0.717, 1.165) is 63.7 Å². The van der Waals surface area contributed by atoms with Crippen LogP contribution >= 0.6 is 0 Å². The van der Waals surface area contributed by atoms with E-state index < -0.39 is 0 Å². The number of piperidine rings is 1. The van der Waals surface area contributed by atoms with Crippen molar-refractivity contribution in [3.05, 3.63) is 59.4 Å². The van der Waals surface area contributed by atoms with Gasteiger partial charge in [-0.3, -0.25) is 14.7 Å². The van der Waals surface area contributed by atoms with Crippen molar-refractivity contribution in [3.63, 3.8) is 0 Å². The third-order valence-electron chi connectivity index (χ3n) is 6.40. The van der Waals surface area contributed by atoms with E-state index in [-0.39, 0.29) is 24.2 Å². The van der Waals surface area contributed by atoms with Crippen molar-refractivity contribution in [1.82, 2.24) is 15.2 Å². The number of ether oxygens (including phenoxy) is 1. The van der Waals surface area contributed by atoms with Gasteiger partial charge in [0.05, 0.1) is 11.7 Å². The van der Waals surface area contributed by atoms with Crippen molar-refractivity contribution in [1.29, 1.82) is 0 Å². The first-order chi connectivity index (χ1) is 15.1. The van der Waals surface area contributed by atoms with E-state index in [4.69, 9.17) is 4.74 Å². The fourth-order valence-corrected chi connectivity index (χ4v) is 4.52. The summed E-state index contributed by atoms with van der Waals surface area (Å²) in [7, 11) is 0. The van der Waals surface area contributed by atoms with E-state index in [1.54, 1.807) is 0 Å². The van der Waals surface area contributed by atoms with Gasteiger partial charge in [0.2, 0.25) is 0 Å². The minimum Gasteiger partial charge on any atom is -0.489 e. The van der Waals surface area contributed by atoms with Crippen molar-refractivity contribution in [3.8, 4) is 5.75 Å². The Morgan fingerprint density at radius 1 is 1.10 bits per heavy atom. The highest BCUT2D eigenvalue weighted by Crippen LogP contribution is 2.26. The van der Waals surface area contributed by atoms with Crippen LogP contribution in [0.1, 0.15) is 60.0 Å². The molecule has 0 atom stereocenters. The first-order valence-corrected chi connectivity index (χ1v) is 11.4. The van der Waals surface area contributed by atoms with Crippen molar-refractivity contribution >= 4 is 5.91 Å². The molecule has 1 aliphatic carbocycles. The lowest BCUT2D eigenvalue weighted by Gasteiger charge is -2.32. The highest BCUT2D eigenvalue weighted by molar-refractivity contribution is 5.97. The first-order valence-electron chi connectivity index (χ1n) is 11.4. The molecule has 1 saturated heterocycles. The van der Waals surface area contributed by atoms with Gasteiger partial charge < -0.3 is 15.2 Å². The van der Waals surface area contributed by atoms with Crippen LogP contribution in [0.2, 0.25) is 0 Å². The van der Waals surface area contributed by atoms with Gasteiger partial charge in [0.1, 0.15) is 11.9 Å². The number of hydrogen-bond donors (Lipinski definition) is 2. The molecule has 2 N–H and O–H groups in total. The summed E-state index contributed by atoms with van der Waals surface area (Å²) in [6, 6.07) is 10.1. The van der Waals surface area contributed by atoms with Gasteiger partial charge in [-0.15, -0.1) is 0 Å². The molecule has 2 heterocycles. The molecule has 1 aliphatic heterocycles. The van der Waals surface area contributed by atoms with Gasteiger partial charge in [-0.25, -0.2) is 0 Å². The standard InChI is InChI=1S/C25H33N3O3/c1-18-2-7-24(23(16-18)25(30)27-20-3-5-21(29)6-4-20)31-22-10-14-28(15-11-22)17-19-8-12-26-13-9-19/h2,7-9,12-13,16,20-22,29H,3-6,10-11,14-15,17H2,1H3,(H,27,30). The molecule has 0 bridgehead atoms. The lowest BCUT2D eigenvalue weighted by molar-refractivity contribution is 0.0834. The van der Waals surface area contributed by atoms with Crippen LogP contribution in [0, 0.1) is 6.92 Å². The molecule has 2 aromatic rings. The van der Waals surface area contributed by atoms with Crippen molar-refractivity contribution < 1.29 is 14.6 Å². The molecule has 6 nitrogen and oxygen atoms in total. The summed E-state index contributed by atoms with van der Waals surface area (Å²) in [5.41, 5.74) is 2.94. The molecule has 0 unspecified atom stereocenters. The van der Waals surface area contributed by atoms with Crippen LogP contribution in [0.3, 0.4) is 0 Å². The summed E-state index contributed by atoms with van der Waals surface area (Å²) in [6.45, 7) is 4.88. The zero-order valence-corrected chi connectivity index (χ0v) is 18.3. The maximum Gasteiger partial charge on any atom is 0.255 e. The summed E-state index contributed by atoms with van der Waals surface area (Å²) < 4.78 is 6.33. The van der Waals surface area contributed by atoms with E-state index in [1.807, 2.05) is 37.5 Å². The molecule has 1 amide bonds. The number of aromatic nitrogens is 1. The molecular weight excluding hydrogens is 390 g/mol. The minimum absolute atomic E-state index is 0.0739. The number of aliphatic hydroxyl groups excluding tert-OH is 1. The number of aryl methyl sites for hydroxylation is 1. The zero-order chi connectivity index (χ0) is 21.6. The predicted octanol–water partition coefficient (Wildman–Crippen LogP) is 3.47. The molecule has 0 spiro atoms. The van der Waals surface area contributed by atoms with Gasteiger partial charge in [0, 0.05) is 38.1 Å². The Morgan fingerprint density at radius 3 is 2.52 bits per heavy atom. The summed E-state index contributed by atoms with van der Waals surface area (Å²) in [5, 5.41) is 12.9. The first kappa shape index (κ1) is 21.8. The van der Waals surface area contributed by atoms with Gasteiger partial charge in [0.25, 0.3) is 5.91 Å². The number of benzene rings is 1. The largest absolute Gasteiger partial charge is 0.489 e. The summed E-state index contributed by atoms with van der Waals surface area (Å²) in [5.74, 6) is 0.599. The third kappa shape index (κ3) is 6.05. The zero-order valence-electron chi connectivity index (χ0n) is 18.3. The number of nitrogens with one attached hydrogen (secondary N) is 1. The minimum atomic E-state index is -0.226. The van der Waals surface area contributed by atoms with Gasteiger partial charge >= 0.3 is 0 Å². The molecule has 0 radical (unpaired) electrons. The molecule has 1 aromatic heterocycles. The van der Waals surface area contributed by atoms with Crippen LogP contribution < -0.4 is 10.1 Å². The van der Waals surface area contributed by atoms with Crippen LogP contribution in [0.5, 0.6) is 5.75 Å². The number of carbonyl (C=O) groups excluding carboxylic acids is 1. The molecule has 2 fully saturated rings. The lowest BCUT2D eigenvalue weighted by atomic mass is 9.93. The summed E-state index contributed by atoms with van der Waals surface area (Å²) in [4.78, 5) is 19.5. The number of aliphatic hydroxyl groups is 1. The number of rotatable bonds is 6. The third-order valence-corrected chi connectivity index (χ3v) is 6.40. The van der Waals surface area contributed by atoms with Crippen LogP contribution in [0.4, 0.5) is 0 Å². The smallest absolute Gasteiger partial charge is 0.255 e. The highest BCUT2D eigenvalue weighted by atomic mass is 16.5. The van der Waals surface area contributed by atoms with E-state index in [1.165, 1.54) is 5.56 Å². The Balaban J connectivity index is 1.34. The quantitative estimate of drug-likeness (QED) is 0.744. The van der Waals surface area contributed by atoms with Crippen LogP contribution in [-0.2, 0) is 6.54 Å². The number of carbonyl (C=O) groups is 1. The number of likely N-dealkylation sites (tertiary alicyclic amines) is 1. The molecule has 1 saturated carbocycles. The van der Waals surface area contributed by atoms with Gasteiger partial charge in [-0.2, -0.15) is 0 Å². The molecule has 1 aromatic carbocycles. The van der Waals surface area contributed by atoms with Crippen molar-refractivity contribution in [2.24, 2.45) is 0 Å². The molecule has 4 rings (SSSR count). The topological polar surface area (TPSA) is 74.7 Å². The highest BCUT2D eigenvalue weighted by Gasteiger charge is 2.25. The van der Waals surface area contributed by atoms with Crippen molar-refractivity contribution in [2.45, 2.75) is 70.2 Å². The van der Waals surface area contributed by atoms with E-state index in [2.05, 4.69) is 27.3 Å². The SMILES string of the molecule is Cc1ccc(OC2CCN(Cc3ccncc3)CC2)c(C(=O)NC2CCC(O)CC2)c1. The van der Waals surface area contributed by atoms with Crippen molar-refractivity contribution in [2.75, 3.05) is 13.1 Å². The summed E-state index contributed by atoms with van der Waals surface area (Å²) in [6.07, 6.45) is 8.61. The number of pyridine rings is 1. The predicted molar refractivity (Wildman–Crippen MR) is 120 cm³/mol. The summed E-state index contributed by atoms with van der Waals surface area (Å²) >= 11 is 0. The second kappa shape index (κ2) is 10.2. The second-order valence-corrected chi connectivity index (χ2v) is 8.93. The van der Waals surface area contributed by atoms with Gasteiger partial charge in [-0.05, 0) is 75.3 Å². The maximum absolute atomic E-state index is 13.0. The Hall–Kier alpha value is -2.44. The normalized spacial score (nSPS) is 22.8. The molecule has 31 heavy (non-hydrogen) atoms. The van der Waals surface area contributed by atoms with Crippen LogP contribution in [-0.4, -0.2) is 52.2 Å². The van der Waals surface area contributed by atoms with Crippen LogP contribution in [0.15, 0.2) is 42.7 Å². The average molecular weight is 424 g/mol. The van der Waals surface area contributed by atoms with Gasteiger partial charge in [0.15, 0.2) is 0 Å². The lowest BCUT2D eigenvalue weighted by Crippen LogP contribution is -2.39. The molecule has 2 aliphatic rings. The Kier molecular flexibility index (Phi) is 7.20. The fraction of sp³-hybridized carbons (Fsp3) is 0.520. The Bertz CT molecular complexity index is 858. The van der Waals surface area contributed by atoms with E-state index in [0.29, 0.717) is 11.3 Å². The molecule has 166 valence electrons. The second-order valence-electron chi connectivity index (χ2n) is 8.93. The number of nitrogens with zero attached hydrogens (tertiary/aromatic N) is 2. The number of amides is 1. The molecular formula is C25H33N3O3. The van der Waals surface area contributed by atoms with Crippen LogP contribution in [0.25, 0.3) is 0 Å². The van der Waals surface area contributed by atoms with E-state index >= 15 is 0 Å². The Morgan fingerprint density at radius 2 is 1.81 bits per heavy atom. The maximum atomic E-state index is 13.0. The fourth-order valence-electron chi connectivity index (χ4n) is 4.52. The average Bonchev–Trinajstić information content (AvgIpc) is 2.78. The molecule has 6 heteroatoms. The monoisotopic (exact) mass is 423 g/mol. The Labute approximate surface area is 184 Å². The van der Waals surface area contributed by atoms with E-state index in [9.17, 15) is 9.90 Å².